The first-order valence-electron chi connectivity index (χ1n) is 3.51. The van der Waals surface area contributed by atoms with Gasteiger partial charge in [-0.2, -0.15) is 0 Å². The van der Waals surface area contributed by atoms with Gasteiger partial charge >= 0.3 is 5.97 Å². The van der Waals surface area contributed by atoms with Gasteiger partial charge in [-0.05, 0) is 6.07 Å². The molecule has 0 aliphatic rings. The average Bonchev–Trinajstić information content (AvgIpc) is 2.14. The second-order valence-corrected chi connectivity index (χ2v) is 2.18. The van der Waals surface area contributed by atoms with Gasteiger partial charge in [0.2, 0.25) is 5.56 Å². The molecule has 0 saturated heterocycles. The number of H-pyrrole nitrogens is 1. The molecular weight excluding hydrogens is 170 g/mol. The molecule has 1 aromatic rings. The van der Waals surface area contributed by atoms with E-state index in [9.17, 15) is 9.59 Å². The first-order chi connectivity index (χ1) is 6.22. The molecule has 1 heterocycles. The Morgan fingerprint density at radius 2 is 2.38 bits per heavy atom. The molecule has 0 radical (unpaired) electrons. The third kappa shape index (κ3) is 2.83. The molecule has 0 aromatic carbocycles. The Morgan fingerprint density at radius 3 is 3.00 bits per heavy atom. The van der Waals surface area contributed by atoms with Crippen LogP contribution in [0.5, 0.6) is 0 Å². The van der Waals surface area contributed by atoms with E-state index < -0.39 is 5.97 Å². The molecule has 0 atom stereocenters. The highest BCUT2D eigenvalue weighted by molar-refractivity contribution is 5.88. The van der Waals surface area contributed by atoms with Crippen molar-refractivity contribution >= 4 is 5.97 Å². The molecule has 4 nitrogen and oxygen atoms in total. The Hall–Kier alpha value is -2.02. The van der Waals surface area contributed by atoms with Crippen LogP contribution in [0.2, 0.25) is 0 Å². The number of ether oxygens (including phenoxy) is 1. The van der Waals surface area contributed by atoms with Gasteiger partial charge in [0.1, 0.15) is 0 Å². The molecule has 1 aromatic heterocycles. The monoisotopic (exact) mass is 177 g/mol. The van der Waals surface area contributed by atoms with E-state index in [2.05, 4.69) is 21.6 Å². The summed E-state index contributed by atoms with van der Waals surface area (Å²) in [6, 6.07) is 2.90. The van der Waals surface area contributed by atoms with Crippen LogP contribution in [0.3, 0.4) is 0 Å². The van der Waals surface area contributed by atoms with Gasteiger partial charge in [0, 0.05) is 23.7 Å². The molecule has 0 unspecified atom stereocenters. The van der Waals surface area contributed by atoms with Crippen LogP contribution in [0.1, 0.15) is 5.56 Å². The summed E-state index contributed by atoms with van der Waals surface area (Å²) in [7, 11) is 1.24. The van der Waals surface area contributed by atoms with Crippen LogP contribution in [0.4, 0.5) is 0 Å². The first kappa shape index (κ1) is 9.07. The van der Waals surface area contributed by atoms with Crippen molar-refractivity contribution in [2.45, 2.75) is 0 Å². The second-order valence-electron chi connectivity index (χ2n) is 2.18. The number of nitrogens with one attached hydrogen (secondary N) is 1. The zero-order chi connectivity index (χ0) is 9.68. The Bertz CT molecular complexity index is 422. The third-order valence-corrected chi connectivity index (χ3v) is 1.27. The van der Waals surface area contributed by atoms with Gasteiger partial charge < -0.3 is 9.72 Å². The van der Waals surface area contributed by atoms with Crippen molar-refractivity contribution in [2.24, 2.45) is 0 Å². The fourth-order valence-corrected chi connectivity index (χ4v) is 0.697. The predicted octanol–water partition coefficient (Wildman–Crippen LogP) is -0.101. The quantitative estimate of drug-likeness (QED) is 0.444. The summed E-state index contributed by atoms with van der Waals surface area (Å²) in [5.74, 6) is 4.08. The number of aromatic nitrogens is 1. The molecule has 0 saturated carbocycles. The SMILES string of the molecule is COC(=O)C#Cc1cc[nH]c(=O)c1. The minimum atomic E-state index is -0.625. The lowest BCUT2D eigenvalue weighted by atomic mass is 10.3. The molecule has 0 bridgehead atoms. The average molecular weight is 177 g/mol. The smallest absolute Gasteiger partial charge is 0.384 e. The first-order valence-corrected chi connectivity index (χ1v) is 3.51. The van der Waals surface area contributed by atoms with Gasteiger partial charge in [0.25, 0.3) is 0 Å². The summed E-state index contributed by atoms with van der Waals surface area (Å²) >= 11 is 0. The van der Waals surface area contributed by atoms with Crippen LogP contribution in [0, 0.1) is 11.8 Å². The summed E-state index contributed by atoms with van der Waals surface area (Å²) in [4.78, 5) is 23.8. The van der Waals surface area contributed by atoms with Crippen LogP contribution in [0.15, 0.2) is 23.1 Å². The lowest BCUT2D eigenvalue weighted by Gasteiger charge is -1.86. The van der Waals surface area contributed by atoms with Gasteiger partial charge in [-0.3, -0.25) is 4.79 Å². The molecule has 1 rings (SSSR count). The van der Waals surface area contributed by atoms with Gasteiger partial charge in [0.15, 0.2) is 0 Å². The minimum absolute atomic E-state index is 0.253. The van der Waals surface area contributed by atoms with Crippen LogP contribution >= 0.6 is 0 Å². The highest BCUT2D eigenvalue weighted by atomic mass is 16.5. The highest BCUT2D eigenvalue weighted by Gasteiger charge is 1.90. The summed E-state index contributed by atoms with van der Waals surface area (Å²) in [6.45, 7) is 0. The van der Waals surface area contributed by atoms with E-state index in [1.807, 2.05) is 0 Å². The van der Waals surface area contributed by atoms with E-state index in [4.69, 9.17) is 0 Å². The van der Waals surface area contributed by atoms with Gasteiger partial charge in [0.05, 0.1) is 7.11 Å². The molecule has 1 N–H and O–H groups in total. The Labute approximate surface area is 74.5 Å². The second kappa shape index (κ2) is 4.12. The largest absolute Gasteiger partial charge is 0.459 e. The van der Waals surface area contributed by atoms with E-state index in [-0.39, 0.29) is 5.56 Å². The van der Waals surface area contributed by atoms with Crippen LogP contribution in [-0.4, -0.2) is 18.1 Å². The molecule has 0 aliphatic heterocycles. The summed E-state index contributed by atoms with van der Waals surface area (Å²) < 4.78 is 4.30. The molecule has 0 amide bonds. The van der Waals surface area contributed by atoms with E-state index in [0.29, 0.717) is 5.56 Å². The number of carbonyl (C=O) groups is 1. The Kier molecular flexibility index (Phi) is 2.87. The zero-order valence-corrected chi connectivity index (χ0v) is 6.96. The number of esters is 1. The van der Waals surface area contributed by atoms with E-state index >= 15 is 0 Å². The van der Waals surface area contributed by atoms with Crippen molar-refractivity contribution < 1.29 is 9.53 Å². The van der Waals surface area contributed by atoms with Gasteiger partial charge in [-0.25, -0.2) is 4.79 Å². The van der Waals surface area contributed by atoms with Crippen molar-refractivity contribution in [3.8, 4) is 11.8 Å². The van der Waals surface area contributed by atoms with Crippen molar-refractivity contribution in [3.05, 3.63) is 34.2 Å². The summed E-state index contributed by atoms with van der Waals surface area (Å²) in [5, 5.41) is 0. The number of pyridine rings is 1. The summed E-state index contributed by atoms with van der Waals surface area (Å²) in [6.07, 6.45) is 1.46. The molecule has 0 fully saturated rings. The van der Waals surface area contributed by atoms with Gasteiger partial charge in [-0.1, -0.05) is 5.92 Å². The summed E-state index contributed by atoms with van der Waals surface area (Å²) in [5.41, 5.74) is 0.228. The fourth-order valence-electron chi connectivity index (χ4n) is 0.697. The lowest BCUT2D eigenvalue weighted by Crippen LogP contribution is -2.02. The highest BCUT2D eigenvalue weighted by Crippen LogP contribution is 1.88. The minimum Gasteiger partial charge on any atom is -0.459 e. The van der Waals surface area contributed by atoms with Crippen molar-refractivity contribution in [2.75, 3.05) is 7.11 Å². The molecule has 4 heteroatoms. The lowest BCUT2D eigenvalue weighted by molar-refractivity contribution is -0.133. The standard InChI is InChI=1S/C9H7NO3/c1-13-9(12)3-2-7-4-5-10-8(11)6-7/h4-6H,1H3,(H,10,11). The maximum absolute atomic E-state index is 10.8. The van der Waals surface area contributed by atoms with Gasteiger partial charge in [-0.15, -0.1) is 0 Å². The number of hydrogen-bond donors (Lipinski definition) is 1. The van der Waals surface area contributed by atoms with Crippen molar-refractivity contribution in [3.63, 3.8) is 0 Å². The molecule has 0 aliphatic carbocycles. The number of aromatic amines is 1. The Balaban J connectivity index is 2.90. The Morgan fingerprint density at radius 1 is 1.62 bits per heavy atom. The van der Waals surface area contributed by atoms with Crippen molar-refractivity contribution in [1.82, 2.24) is 4.98 Å². The normalized spacial score (nSPS) is 8.38. The van der Waals surface area contributed by atoms with Crippen molar-refractivity contribution in [1.29, 1.82) is 0 Å². The van der Waals surface area contributed by atoms with E-state index in [1.165, 1.54) is 19.4 Å². The van der Waals surface area contributed by atoms with Crippen LogP contribution in [-0.2, 0) is 9.53 Å². The number of rotatable bonds is 0. The number of methoxy groups -OCH3 is 1. The van der Waals surface area contributed by atoms with E-state index in [0.717, 1.165) is 0 Å². The topological polar surface area (TPSA) is 59.2 Å². The molecule has 66 valence electrons. The number of carbonyl (C=O) groups excluding carboxylic acids is 1. The third-order valence-electron chi connectivity index (χ3n) is 1.27. The van der Waals surface area contributed by atoms with Crippen LogP contribution in [0.25, 0.3) is 0 Å². The maximum Gasteiger partial charge on any atom is 0.384 e. The number of hydrogen-bond acceptors (Lipinski definition) is 3. The zero-order valence-electron chi connectivity index (χ0n) is 6.96. The molecule has 13 heavy (non-hydrogen) atoms. The molecule has 0 spiro atoms. The maximum atomic E-state index is 10.8. The molecular formula is C9H7NO3. The van der Waals surface area contributed by atoms with E-state index in [1.54, 1.807) is 6.07 Å². The predicted molar refractivity (Wildman–Crippen MR) is 46.0 cm³/mol. The van der Waals surface area contributed by atoms with Crippen LogP contribution < -0.4 is 5.56 Å². The fraction of sp³-hybridized carbons (Fsp3) is 0.111.